The van der Waals surface area contributed by atoms with Gasteiger partial charge >= 0.3 is 0 Å². The molecule has 1 saturated carbocycles. The standard InChI is InChI=1S/C14H20OS/c1-3-7-13(8-4-1)11-15-12-16-14-9-5-2-6-10-14/h1,3-4,7-8,14H,2,5-6,9-12H2. The van der Waals surface area contributed by atoms with Gasteiger partial charge in [0.1, 0.15) is 0 Å². The Morgan fingerprint density at radius 3 is 2.56 bits per heavy atom. The summed E-state index contributed by atoms with van der Waals surface area (Å²) in [7, 11) is 0. The highest BCUT2D eigenvalue weighted by molar-refractivity contribution is 7.99. The maximum absolute atomic E-state index is 5.69. The molecule has 1 nitrogen and oxygen atoms in total. The summed E-state index contributed by atoms with van der Waals surface area (Å²) < 4.78 is 5.69. The van der Waals surface area contributed by atoms with Crippen molar-refractivity contribution >= 4 is 11.8 Å². The van der Waals surface area contributed by atoms with Crippen molar-refractivity contribution in [2.75, 3.05) is 5.94 Å². The van der Waals surface area contributed by atoms with Crippen molar-refractivity contribution < 1.29 is 4.74 Å². The van der Waals surface area contributed by atoms with Gasteiger partial charge in [0.15, 0.2) is 0 Å². The molecular weight excluding hydrogens is 216 g/mol. The molecule has 1 aliphatic rings. The molecule has 0 heterocycles. The van der Waals surface area contributed by atoms with E-state index in [1.165, 1.54) is 37.7 Å². The second kappa shape index (κ2) is 6.97. The lowest BCUT2D eigenvalue weighted by atomic mass is 10.0. The third-order valence-electron chi connectivity index (χ3n) is 3.05. The van der Waals surface area contributed by atoms with E-state index in [0.717, 1.165) is 17.8 Å². The molecule has 1 aromatic rings. The van der Waals surface area contributed by atoms with Gasteiger partial charge in [-0.15, -0.1) is 11.8 Å². The Bertz CT molecular complexity index is 280. The zero-order valence-electron chi connectivity index (χ0n) is 9.73. The van der Waals surface area contributed by atoms with Gasteiger partial charge in [0.25, 0.3) is 0 Å². The number of ether oxygens (including phenoxy) is 1. The van der Waals surface area contributed by atoms with Gasteiger partial charge in [-0.1, -0.05) is 49.6 Å². The molecule has 0 spiro atoms. The molecule has 0 radical (unpaired) electrons. The van der Waals surface area contributed by atoms with E-state index in [4.69, 9.17) is 4.74 Å². The first-order chi connectivity index (χ1) is 7.95. The molecule has 0 unspecified atom stereocenters. The normalized spacial score (nSPS) is 17.5. The smallest absolute Gasteiger partial charge is 0.0928 e. The van der Waals surface area contributed by atoms with E-state index in [1.54, 1.807) is 0 Å². The minimum Gasteiger partial charge on any atom is -0.366 e. The first kappa shape index (κ1) is 12.0. The summed E-state index contributed by atoms with van der Waals surface area (Å²) in [5.41, 5.74) is 1.27. The molecule has 0 saturated heterocycles. The fourth-order valence-corrected chi connectivity index (χ4v) is 3.15. The van der Waals surface area contributed by atoms with Gasteiger partial charge in [0.05, 0.1) is 12.5 Å². The van der Waals surface area contributed by atoms with Crippen LogP contribution in [0.3, 0.4) is 0 Å². The maximum Gasteiger partial charge on any atom is 0.0928 e. The molecule has 2 rings (SSSR count). The Morgan fingerprint density at radius 1 is 1.06 bits per heavy atom. The van der Waals surface area contributed by atoms with E-state index in [9.17, 15) is 0 Å². The van der Waals surface area contributed by atoms with Crippen molar-refractivity contribution in [2.45, 2.75) is 44.0 Å². The van der Waals surface area contributed by atoms with E-state index in [-0.39, 0.29) is 0 Å². The summed E-state index contributed by atoms with van der Waals surface area (Å²) in [6.45, 7) is 0.751. The van der Waals surface area contributed by atoms with Gasteiger partial charge < -0.3 is 4.74 Å². The van der Waals surface area contributed by atoms with Gasteiger partial charge in [-0.25, -0.2) is 0 Å². The number of rotatable bonds is 5. The zero-order chi connectivity index (χ0) is 11.1. The van der Waals surface area contributed by atoms with Crippen LogP contribution in [0.15, 0.2) is 30.3 Å². The van der Waals surface area contributed by atoms with Gasteiger partial charge in [-0.3, -0.25) is 0 Å². The average molecular weight is 236 g/mol. The van der Waals surface area contributed by atoms with Crippen LogP contribution in [0, 0.1) is 0 Å². The van der Waals surface area contributed by atoms with E-state index < -0.39 is 0 Å². The van der Waals surface area contributed by atoms with Crippen LogP contribution in [-0.2, 0) is 11.3 Å². The van der Waals surface area contributed by atoms with Gasteiger partial charge in [-0.05, 0) is 18.4 Å². The molecule has 0 atom stereocenters. The quantitative estimate of drug-likeness (QED) is 0.559. The molecular formula is C14H20OS. The second-order valence-electron chi connectivity index (χ2n) is 4.38. The van der Waals surface area contributed by atoms with Crippen molar-refractivity contribution in [1.29, 1.82) is 0 Å². The minimum atomic E-state index is 0.751. The Hall–Kier alpha value is -0.470. The average Bonchev–Trinajstić information content (AvgIpc) is 2.37. The SMILES string of the molecule is c1ccc(COCSC2CCCCC2)cc1. The molecule has 1 fully saturated rings. The first-order valence-electron chi connectivity index (χ1n) is 6.18. The largest absolute Gasteiger partial charge is 0.366 e. The molecule has 0 amide bonds. The first-order valence-corrected chi connectivity index (χ1v) is 7.23. The van der Waals surface area contributed by atoms with Gasteiger partial charge in [-0.2, -0.15) is 0 Å². The van der Waals surface area contributed by atoms with Crippen LogP contribution in [0.4, 0.5) is 0 Å². The Kier molecular flexibility index (Phi) is 5.23. The Morgan fingerprint density at radius 2 is 1.81 bits per heavy atom. The zero-order valence-corrected chi connectivity index (χ0v) is 10.5. The molecule has 0 aromatic heterocycles. The molecule has 0 bridgehead atoms. The predicted octanol–water partition coefficient (Wildman–Crippen LogP) is 4.23. The Labute approximate surface area is 103 Å². The molecule has 88 valence electrons. The van der Waals surface area contributed by atoms with E-state index >= 15 is 0 Å². The fourth-order valence-electron chi connectivity index (χ4n) is 2.11. The second-order valence-corrected chi connectivity index (χ2v) is 5.61. The van der Waals surface area contributed by atoms with Crippen molar-refractivity contribution in [2.24, 2.45) is 0 Å². The summed E-state index contributed by atoms with van der Waals surface area (Å²) in [6, 6.07) is 10.4. The van der Waals surface area contributed by atoms with E-state index in [1.807, 2.05) is 17.8 Å². The number of benzene rings is 1. The van der Waals surface area contributed by atoms with Crippen molar-refractivity contribution in [3.8, 4) is 0 Å². The van der Waals surface area contributed by atoms with E-state index in [0.29, 0.717) is 0 Å². The van der Waals surface area contributed by atoms with Crippen LogP contribution in [0.25, 0.3) is 0 Å². The van der Waals surface area contributed by atoms with Crippen molar-refractivity contribution in [1.82, 2.24) is 0 Å². The minimum absolute atomic E-state index is 0.751. The molecule has 1 aromatic carbocycles. The lowest BCUT2D eigenvalue weighted by Gasteiger charge is -2.20. The topological polar surface area (TPSA) is 9.23 Å². The van der Waals surface area contributed by atoms with Crippen LogP contribution < -0.4 is 0 Å². The monoisotopic (exact) mass is 236 g/mol. The van der Waals surface area contributed by atoms with Gasteiger partial charge in [0, 0.05) is 5.25 Å². The third kappa shape index (κ3) is 4.18. The molecule has 16 heavy (non-hydrogen) atoms. The predicted molar refractivity (Wildman–Crippen MR) is 70.6 cm³/mol. The van der Waals surface area contributed by atoms with Crippen LogP contribution in [0.2, 0.25) is 0 Å². The molecule has 0 N–H and O–H groups in total. The van der Waals surface area contributed by atoms with Crippen LogP contribution in [0.5, 0.6) is 0 Å². The van der Waals surface area contributed by atoms with Crippen LogP contribution >= 0.6 is 11.8 Å². The lowest BCUT2D eigenvalue weighted by Crippen LogP contribution is -2.09. The number of thioether (sulfide) groups is 1. The molecule has 1 aliphatic carbocycles. The maximum atomic E-state index is 5.69. The lowest BCUT2D eigenvalue weighted by molar-refractivity contribution is 0.168. The highest BCUT2D eigenvalue weighted by Gasteiger charge is 2.13. The van der Waals surface area contributed by atoms with Crippen LogP contribution in [-0.4, -0.2) is 11.2 Å². The van der Waals surface area contributed by atoms with Crippen molar-refractivity contribution in [3.63, 3.8) is 0 Å². The molecule has 2 heteroatoms. The third-order valence-corrected chi connectivity index (χ3v) is 4.30. The van der Waals surface area contributed by atoms with Crippen molar-refractivity contribution in [3.05, 3.63) is 35.9 Å². The fraction of sp³-hybridized carbons (Fsp3) is 0.571. The summed E-state index contributed by atoms with van der Waals surface area (Å²) in [4.78, 5) is 0. The van der Waals surface area contributed by atoms with E-state index in [2.05, 4.69) is 24.3 Å². The van der Waals surface area contributed by atoms with Gasteiger partial charge in [0.2, 0.25) is 0 Å². The molecule has 0 aliphatic heterocycles. The number of hydrogen-bond donors (Lipinski definition) is 0. The highest BCUT2D eigenvalue weighted by atomic mass is 32.2. The summed E-state index contributed by atoms with van der Waals surface area (Å²) in [5.74, 6) is 0.847. The summed E-state index contributed by atoms with van der Waals surface area (Å²) >= 11 is 1.99. The number of hydrogen-bond acceptors (Lipinski definition) is 2. The van der Waals surface area contributed by atoms with Crippen LogP contribution in [0.1, 0.15) is 37.7 Å². The Balaban J connectivity index is 1.58. The summed E-state index contributed by atoms with van der Waals surface area (Å²) in [6.07, 6.45) is 7.04. The summed E-state index contributed by atoms with van der Waals surface area (Å²) in [5, 5.41) is 0.851. The highest BCUT2D eigenvalue weighted by Crippen LogP contribution is 2.28.